The highest BCUT2D eigenvalue weighted by molar-refractivity contribution is 6.08. The molecule has 0 radical (unpaired) electrons. The van der Waals surface area contributed by atoms with Crippen molar-refractivity contribution in [3.63, 3.8) is 0 Å². The van der Waals surface area contributed by atoms with E-state index in [1.165, 1.54) is 40.4 Å². The average molecular weight is 295 g/mol. The average Bonchev–Trinajstić information content (AvgIpc) is 2.45. The largest absolute Gasteiger partial charge is 0.493 e. The Morgan fingerprint density at radius 2 is 1.62 bits per heavy atom. The molecule has 0 aromatic heterocycles. The summed E-state index contributed by atoms with van der Waals surface area (Å²) in [6.45, 7) is 4.84. The molecule has 0 aliphatic carbocycles. The number of methoxy groups -OCH3 is 3. The molecule has 1 aromatic rings. The molecule has 0 heterocycles. The molecule has 6 heteroatoms. The lowest BCUT2D eigenvalue weighted by Crippen LogP contribution is -2.17. The number of Topliss-reactive ketones (excluding diaryl/α,β-unsaturated/α-hetero) is 1. The Kier molecular flexibility index (Phi) is 6.99. The first kappa shape index (κ1) is 18.5. The molecular formula is C15H21NO5. The van der Waals surface area contributed by atoms with Crippen molar-refractivity contribution in [1.82, 2.24) is 0 Å². The second-order valence-corrected chi connectivity index (χ2v) is 3.89. The number of hydrogen-bond donors (Lipinski definition) is 1. The van der Waals surface area contributed by atoms with E-state index in [1.807, 2.05) is 0 Å². The number of benzene rings is 1. The van der Waals surface area contributed by atoms with Crippen LogP contribution in [-0.2, 0) is 9.53 Å². The molecule has 0 saturated heterocycles. The van der Waals surface area contributed by atoms with E-state index in [1.54, 1.807) is 0 Å². The second-order valence-electron chi connectivity index (χ2n) is 3.89. The summed E-state index contributed by atoms with van der Waals surface area (Å²) >= 11 is 0. The molecule has 1 rings (SSSR count). The third-order valence-electron chi connectivity index (χ3n) is 2.65. The van der Waals surface area contributed by atoms with Crippen LogP contribution in [0.15, 0.2) is 24.5 Å². The Bertz CT molecular complexity index is 551. The molecule has 0 saturated carbocycles. The summed E-state index contributed by atoms with van der Waals surface area (Å²) in [6, 6.07) is 3.02. The van der Waals surface area contributed by atoms with Crippen LogP contribution in [0.4, 0.5) is 5.69 Å². The Balaban J connectivity index is 0.00000400. The van der Waals surface area contributed by atoms with Gasteiger partial charge in [0.25, 0.3) is 5.91 Å². The SMILES string of the molecule is C.C=C(OC)C(=O)Nc1cc(OC)c(OC)cc1C(C)=O. The van der Waals surface area contributed by atoms with Crippen molar-refractivity contribution in [3.8, 4) is 11.5 Å². The van der Waals surface area contributed by atoms with Gasteiger partial charge in [0, 0.05) is 11.6 Å². The number of hydrogen-bond acceptors (Lipinski definition) is 5. The number of anilines is 1. The van der Waals surface area contributed by atoms with Gasteiger partial charge >= 0.3 is 0 Å². The Labute approximate surface area is 124 Å². The van der Waals surface area contributed by atoms with Crippen LogP contribution >= 0.6 is 0 Å². The lowest BCUT2D eigenvalue weighted by atomic mass is 10.1. The number of ether oxygens (including phenoxy) is 3. The van der Waals surface area contributed by atoms with Gasteiger partial charge in [-0.05, 0) is 13.0 Å². The lowest BCUT2D eigenvalue weighted by Gasteiger charge is -2.14. The molecule has 0 fully saturated rings. The van der Waals surface area contributed by atoms with Crippen LogP contribution in [0.2, 0.25) is 0 Å². The van der Waals surface area contributed by atoms with Crippen LogP contribution in [0.1, 0.15) is 24.7 Å². The molecule has 116 valence electrons. The molecule has 0 aliphatic rings. The zero-order valence-corrected chi connectivity index (χ0v) is 11.9. The Hall–Kier alpha value is -2.50. The van der Waals surface area contributed by atoms with Crippen LogP contribution in [-0.4, -0.2) is 33.0 Å². The summed E-state index contributed by atoms with van der Waals surface area (Å²) in [5.74, 6) is -0.0158. The van der Waals surface area contributed by atoms with Crippen molar-refractivity contribution >= 4 is 17.4 Å². The van der Waals surface area contributed by atoms with Gasteiger partial charge in [-0.15, -0.1) is 0 Å². The zero-order valence-electron chi connectivity index (χ0n) is 11.9. The molecule has 0 bridgehead atoms. The van der Waals surface area contributed by atoms with Gasteiger partial charge in [0.2, 0.25) is 0 Å². The van der Waals surface area contributed by atoms with Gasteiger partial charge < -0.3 is 19.5 Å². The van der Waals surface area contributed by atoms with Gasteiger partial charge in [-0.25, -0.2) is 0 Å². The van der Waals surface area contributed by atoms with Gasteiger partial charge in [-0.1, -0.05) is 14.0 Å². The normalized spacial score (nSPS) is 9.14. The third-order valence-corrected chi connectivity index (χ3v) is 2.65. The quantitative estimate of drug-likeness (QED) is 0.496. The molecule has 6 nitrogen and oxygen atoms in total. The van der Waals surface area contributed by atoms with Crippen molar-refractivity contribution < 1.29 is 23.8 Å². The Morgan fingerprint density at radius 1 is 1.10 bits per heavy atom. The van der Waals surface area contributed by atoms with E-state index in [0.717, 1.165) is 0 Å². The standard InChI is InChI=1S/C14H17NO5.CH4/c1-8(16)10-6-12(19-4)13(20-5)7-11(10)15-14(17)9(2)18-3;/h6-7H,2H2,1,3-5H3,(H,15,17);1H4. The predicted octanol–water partition coefficient (Wildman–Crippen LogP) is 2.64. The molecule has 1 amide bonds. The minimum Gasteiger partial charge on any atom is -0.493 e. The smallest absolute Gasteiger partial charge is 0.290 e. The first-order valence-electron chi connectivity index (χ1n) is 5.75. The van der Waals surface area contributed by atoms with E-state index in [0.29, 0.717) is 22.7 Å². The number of carbonyl (C=O) groups excluding carboxylic acids is 2. The minimum absolute atomic E-state index is 0. The van der Waals surface area contributed by atoms with Crippen molar-refractivity contribution in [1.29, 1.82) is 0 Å². The van der Waals surface area contributed by atoms with E-state index in [4.69, 9.17) is 14.2 Å². The van der Waals surface area contributed by atoms with Gasteiger partial charge in [-0.2, -0.15) is 0 Å². The molecule has 0 spiro atoms. The highest BCUT2D eigenvalue weighted by Gasteiger charge is 2.17. The molecular weight excluding hydrogens is 274 g/mol. The van der Waals surface area contributed by atoms with Crippen LogP contribution in [0, 0.1) is 0 Å². The molecule has 0 aliphatic heterocycles. The fourth-order valence-corrected chi connectivity index (χ4v) is 1.56. The first-order valence-corrected chi connectivity index (χ1v) is 5.75. The maximum Gasteiger partial charge on any atom is 0.290 e. The maximum absolute atomic E-state index is 11.8. The summed E-state index contributed by atoms with van der Waals surface area (Å²) in [5.41, 5.74) is 0.609. The molecule has 21 heavy (non-hydrogen) atoms. The van der Waals surface area contributed by atoms with Crippen molar-refractivity contribution in [2.45, 2.75) is 14.4 Å². The topological polar surface area (TPSA) is 73.9 Å². The Morgan fingerprint density at radius 3 is 2.05 bits per heavy atom. The third kappa shape index (κ3) is 4.24. The summed E-state index contributed by atoms with van der Waals surface area (Å²) in [5, 5.41) is 2.55. The fraction of sp³-hybridized carbons (Fsp3) is 0.333. The second kappa shape index (κ2) is 7.94. The molecule has 0 unspecified atom stereocenters. The maximum atomic E-state index is 11.8. The number of ketones is 1. The molecule has 1 N–H and O–H groups in total. The number of nitrogens with one attached hydrogen (secondary N) is 1. The molecule has 0 atom stereocenters. The minimum atomic E-state index is -0.540. The summed E-state index contributed by atoms with van der Waals surface area (Å²) < 4.78 is 15.0. The number of carbonyl (C=O) groups is 2. The molecule has 1 aromatic carbocycles. The van der Waals surface area contributed by atoms with E-state index >= 15 is 0 Å². The van der Waals surface area contributed by atoms with Gasteiger partial charge in [0.15, 0.2) is 23.0 Å². The monoisotopic (exact) mass is 295 g/mol. The highest BCUT2D eigenvalue weighted by atomic mass is 16.5. The fourth-order valence-electron chi connectivity index (χ4n) is 1.56. The van der Waals surface area contributed by atoms with Gasteiger partial charge in [0.05, 0.1) is 27.0 Å². The van der Waals surface area contributed by atoms with Crippen LogP contribution in [0.3, 0.4) is 0 Å². The number of amides is 1. The van der Waals surface area contributed by atoms with Crippen LogP contribution < -0.4 is 14.8 Å². The summed E-state index contributed by atoms with van der Waals surface area (Å²) in [4.78, 5) is 23.4. The van der Waals surface area contributed by atoms with Crippen LogP contribution in [0.5, 0.6) is 11.5 Å². The van der Waals surface area contributed by atoms with Crippen molar-refractivity contribution in [3.05, 3.63) is 30.0 Å². The van der Waals surface area contributed by atoms with Gasteiger partial charge in [0.1, 0.15) is 0 Å². The van der Waals surface area contributed by atoms with E-state index in [9.17, 15) is 9.59 Å². The highest BCUT2D eigenvalue weighted by Crippen LogP contribution is 2.33. The van der Waals surface area contributed by atoms with E-state index < -0.39 is 5.91 Å². The van der Waals surface area contributed by atoms with Crippen LogP contribution in [0.25, 0.3) is 0 Å². The first-order chi connectivity index (χ1) is 9.44. The van der Waals surface area contributed by atoms with E-state index in [2.05, 4.69) is 11.9 Å². The summed E-state index contributed by atoms with van der Waals surface area (Å²) in [6.07, 6.45) is 0. The predicted molar refractivity (Wildman–Crippen MR) is 81.1 cm³/mol. The van der Waals surface area contributed by atoms with E-state index in [-0.39, 0.29) is 19.0 Å². The van der Waals surface area contributed by atoms with Gasteiger partial charge in [-0.3, -0.25) is 9.59 Å². The lowest BCUT2D eigenvalue weighted by molar-refractivity contribution is -0.115. The summed E-state index contributed by atoms with van der Waals surface area (Å²) in [7, 11) is 4.26. The zero-order chi connectivity index (χ0) is 15.3. The van der Waals surface area contributed by atoms with Crippen molar-refractivity contribution in [2.24, 2.45) is 0 Å². The number of rotatable bonds is 6. The van der Waals surface area contributed by atoms with Crippen molar-refractivity contribution in [2.75, 3.05) is 26.6 Å².